The summed E-state index contributed by atoms with van der Waals surface area (Å²) in [6.45, 7) is 9.76. The van der Waals surface area contributed by atoms with Gasteiger partial charge in [-0.3, -0.25) is 14.4 Å². The average Bonchev–Trinajstić information content (AvgIpc) is 2.82. The van der Waals surface area contributed by atoms with E-state index < -0.39 is 23.0 Å². The molecule has 1 aliphatic rings. The standard InChI is InChI=1S/C28H35ClN2O5/c1-18(2)24(30-25(33)21-8-6-7-20(15-21)16-36-19(3)32)26(34)31-14-13-28(35,27(4,5)17-31)22-9-11-23(29)12-10-22/h6-12,15,18,24,35H,13-14,16-17H2,1-5H3,(H,30,33)/t24-,28+/m1/s1. The number of benzene rings is 2. The third kappa shape index (κ3) is 6.08. The molecule has 2 aromatic rings. The molecule has 0 radical (unpaired) electrons. The fourth-order valence-electron chi connectivity index (χ4n) is 4.69. The Morgan fingerprint density at radius 3 is 2.39 bits per heavy atom. The fraction of sp³-hybridized carbons (Fsp3) is 0.464. The lowest BCUT2D eigenvalue weighted by Gasteiger charge is -2.51. The van der Waals surface area contributed by atoms with Crippen LogP contribution in [0.5, 0.6) is 0 Å². The summed E-state index contributed by atoms with van der Waals surface area (Å²) in [5.41, 5.74) is 0.0867. The number of esters is 1. The minimum Gasteiger partial charge on any atom is -0.461 e. The summed E-state index contributed by atoms with van der Waals surface area (Å²) in [5.74, 6) is -1.10. The second-order valence-electron chi connectivity index (χ2n) is 10.4. The first-order valence-electron chi connectivity index (χ1n) is 12.1. The van der Waals surface area contributed by atoms with Gasteiger partial charge >= 0.3 is 5.97 Å². The molecule has 1 saturated heterocycles. The summed E-state index contributed by atoms with van der Waals surface area (Å²) in [6.07, 6.45) is 0.365. The Bertz CT molecular complexity index is 1120. The Morgan fingerprint density at radius 1 is 1.14 bits per heavy atom. The van der Waals surface area contributed by atoms with Gasteiger partial charge in [0.15, 0.2) is 0 Å². The number of hydrogen-bond donors (Lipinski definition) is 2. The molecule has 1 fully saturated rings. The van der Waals surface area contributed by atoms with Crippen LogP contribution in [0.2, 0.25) is 5.02 Å². The molecule has 1 heterocycles. The van der Waals surface area contributed by atoms with Gasteiger partial charge in [-0.2, -0.15) is 0 Å². The van der Waals surface area contributed by atoms with E-state index in [1.165, 1.54) is 6.92 Å². The first-order chi connectivity index (χ1) is 16.8. The number of rotatable bonds is 7. The number of likely N-dealkylation sites (tertiary alicyclic amines) is 1. The van der Waals surface area contributed by atoms with Crippen molar-refractivity contribution in [1.29, 1.82) is 0 Å². The Morgan fingerprint density at radius 2 is 1.81 bits per heavy atom. The number of carbonyl (C=O) groups excluding carboxylic acids is 3. The molecular formula is C28H35ClN2O5. The van der Waals surface area contributed by atoms with Gasteiger partial charge in [-0.25, -0.2) is 0 Å². The normalized spacial score (nSPS) is 20.1. The summed E-state index contributed by atoms with van der Waals surface area (Å²) in [7, 11) is 0. The predicted molar refractivity (Wildman–Crippen MR) is 138 cm³/mol. The highest BCUT2D eigenvalue weighted by atomic mass is 35.5. The van der Waals surface area contributed by atoms with Crippen LogP contribution < -0.4 is 5.32 Å². The van der Waals surface area contributed by atoms with Crippen molar-refractivity contribution in [2.24, 2.45) is 11.3 Å². The molecule has 2 atom stereocenters. The number of nitrogens with one attached hydrogen (secondary N) is 1. The maximum atomic E-state index is 13.6. The van der Waals surface area contributed by atoms with Gasteiger partial charge in [0.05, 0.1) is 5.60 Å². The molecule has 0 aliphatic carbocycles. The Balaban J connectivity index is 1.74. The maximum Gasteiger partial charge on any atom is 0.302 e. The van der Waals surface area contributed by atoms with E-state index in [1.807, 2.05) is 39.8 Å². The van der Waals surface area contributed by atoms with Gasteiger partial charge in [0, 0.05) is 36.0 Å². The minimum absolute atomic E-state index is 0.0718. The number of ether oxygens (including phenoxy) is 1. The molecule has 2 N–H and O–H groups in total. The van der Waals surface area contributed by atoms with Crippen molar-refractivity contribution in [2.45, 2.75) is 59.3 Å². The van der Waals surface area contributed by atoms with Crippen LogP contribution in [0.4, 0.5) is 0 Å². The highest BCUT2D eigenvalue weighted by Gasteiger charge is 2.50. The highest BCUT2D eigenvalue weighted by Crippen LogP contribution is 2.46. The van der Waals surface area contributed by atoms with Crippen LogP contribution in [0.1, 0.15) is 62.5 Å². The van der Waals surface area contributed by atoms with Crippen molar-refractivity contribution in [3.63, 3.8) is 0 Å². The number of piperidine rings is 1. The Labute approximate surface area is 217 Å². The second kappa shape index (κ2) is 11.0. The van der Waals surface area contributed by atoms with E-state index >= 15 is 0 Å². The summed E-state index contributed by atoms with van der Waals surface area (Å²) in [4.78, 5) is 39.5. The molecule has 3 rings (SSSR count). The molecule has 0 spiro atoms. The molecule has 8 heteroatoms. The smallest absolute Gasteiger partial charge is 0.302 e. The van der Waals surface area contributed by atoms with Crippen LogP contribution in [0, 0.1) is 11.3 Å². The lowest BCUT2D eigenvalue weighted by atomic mass is 9.66. The lowest BCUT2D eigenvalue weighted by Crippen LogP contribution is -2.60. The van der Waals surface area contributed by atoms with Gasteiger partial charge in [0.2, 0.25) is 5.91 Å². The summed E-state index contributed by atoms with van der Waals surface area (Å²) < 4.78 is 5.02. The Hall–Kier alpha value is -2.90. The molecule has 7 nitrogen and oxygen atoms in total. The van der Waals surface area contributed by atoms with Crippen molar-refractivity contribution in [3.05, 3.63) is 70.2 Å². The quantitative estimate of drug-likeness (QED) is 0.537. The minimum atomic E-state index is -1.12. The van der Waals surface area contributed by atoms with Crippen LogP contribution in [-0.4, -0.2) is 46.9 Å². The molecule has 1 aliphatic heterocycles. The molecule has 194 valence electrons. The second-order valence-corrected chi connectivity index (χ2v) is 10.9. The summed E-state index contributed by atoms with van der Waals surface area (Å²) in [5, 5.41) is 15.1. The maximum absolute atomic E-state index is 13.6. The topological polar surface area (TPSA) is 95.9 Å². The zero-order valence-electron chi connectivity index (χ0n) is 21.5. The number of halogens is 1. The molecule has 0 aromatic heterocycles. The van der Waals surface area contributed by atoms with Crippen LogP contribution >= 0.6 is 11.6 Å². The van der Waals surface area contributed by atoms with Gasteiger partial charge in [-0.15, -0.1) is 0 Å². The van der Waals surface area contributed by atoms with Gasteiger partial charge in [0.1, 0.15) is 12.6 Å². The fourth-order valence-corrected chi connectivity index (χ4v) is 4.82. The van der Waals surface area contributed by atoms with E-state index in [4.69, 9.17) is 16.3 Å². The lowest BCUT2D eigenvalue weighted by molar-refractivity contribution is -0.155. The number of carbonyl (C=O) groups is 3. The molecule has 0 unspecified atom stereocenters. The molecule has 2 aromatic carbocycles. The van der Waals surface area contributed by atoms with E-state index in [9.17, 15) is 19.5 Å². The highest BCUT2D eigenvalue weighted by molar-refractivity contribution is 6.30. The number of hydrogen-bond acceptors (Lipinski definition) is 5. The molecule has 36 heavy (non-hydrogen) atoms. The zero-order valence-corrected chi connectivity index (χ0v) is 22.3. The van der Waals surface area contributed by atoms with Gasteiger partial charge in [-0.1, -0.05) is 63.6 Å². The summed E-state index contributed by atoms with van der Waals surface area (Å²) in [6, 6.07) is 13.2. The van der Waals surface area contributed by atoms with Crippen molar-refractivity contribution >= 4 is 29.4 Å². The molecular weight excluding hydrogens is 480 g/mol. The van der Waals surface area contributed by atoms with E-state index in [2.05, 4.69) is 5.32 Å². The number of aliphatic hydroxyl groups is 1. The molecule has 0 bridgehead atoms. The molecule has 0 saturated carbocycles. The van der Waals surface area contributed by atoms with Crippen LogP contribution in [-0.2, 0) is 26.5 Å². The van der Waals surface area contributed by atoms with E-state index in [0.29, 0.717) is 35.7 Å². The number of nitrogens with zero attached hydrogens (tertiary/aromatic N) is 1. The van der Waals surface area contributed by atoms with Crippen molar-refractivity contribution < 1.29 is 24.2 Å². The van der Waals surface area contributed by atoms with Crippen LogP contribution in [0.15, 0.2) is 48.5 Å². The monoisotopic (exact) mass is 514 g/mol. The molecule has 2 amide bonds. The van der Waals surface area contributed by atoms with E-state index in [-0.39, 0.29) is 24.3 Å². The van der Waals surface area contributed by atoms with Crippen molar-refractivity contribution in [2.75, 3.05) is 13.1 Å². The van der Waals surface area contributed by atoms with Gasteiger partial charge in [-0.05, 0) is 47.7 Å². The first-order valence-corrected chi connectivity index (χ1v) is 12.5. The van der Waals surface area contributed by atoms with Crippen LogP contribution in [0.3, 0.4) is 0 Å². The third-order valence-electron chi connectivity index (χ3n) is 6.93. The SMILES string of the molecule is CC(=O)OCc1cccc(C(=O)N[C@@H](C(=O)N2CC[C@](O)(c3ccc(Cl)cc3)C(C)(C)C2)C(C)C)c1. The third-order valence-corrected chi connectivity index (χ3v) is 7.19. The van der Waals surface area contributed by atoms with Crippen molar-refractivity contribution in [3.8, 4) is 0 Å². The van der Waals surface area contributed by atoms with Gasteiger partial charge < -0.3 is 20.1 Å². The van der Waals surface area contributed by atoms with Gasteiger partial charge in [0.25, 0.3) is 5.91 Å². The number of amides is 2. The Kier molecular flexibility index (Phi) is 8.47. The predicted octanol–water partition coefficient (Wildman–Crippen LogP) is 4.30. The largest absolute Gasteiger partial charge is 0.461 e. The first kappa shape index (κ1) is 27.7. The van der Waals surface area contributed by atoms with Crippen LogP contribution in [0.25, 0.3) is 0 Å². The van der Waals surface area contributed by atoms with Crippen molar-refractivity contribution in [1.82, 2.24) is 10.2 Å². The average molecular weight is 515 g/mol. The summed E-state index contributed by atoms with van der Waals surface area (Å²) >= 11 is 6.03. The van der Waals surface area contributed by atoms with E-state index in [1.54, 1.807) is 41.3 Å². The zero-order chi connectivity index (χ0) is 26.7. The van der Waals surface area contributed by atoms with E-state index in [0.717, 1.165) is 5.56 Å².